The summed E-state index contributed by atoms with van der Waals surface area (Å²) in [4.78, 5) is 10.3. The third-order valence-electron chi connectivity index (χ3n) is 5.24. The minimum absolute atomic E-state index is 0.0373. The van der Waals surface area contributed by atoms with E-state index in [0.29, 0.717) is 5.95 Å². The lowest BCUT2D eigenvalue weighted by atomic mass is 10.1. The molecule has 7 nitrogen and oxygen atoms in total. The summed E-state index contributed by atoms with van der Waals surface area (Å²) in [7, 11) is 0. The maximum absolute atomic E-state index is 6.09. The first kappa shape index (κ1) is 24.3. The molecule has 0 radical (unpaired) electrons. The van der Waals surface area contributed by atoms with Crippen LogP contribution in [-0.2, 0) is 0 Å². The molecule has 8 heteroatoms. The lowest BCUT2D eigenvalue weighted by Gasteiger charge is -2.23. The molecule has 0 unspecified atom stereocenters. The van der Waals surface area contributed by atoms with Crippen LogP contribution in [0.5, 0.6) is 5.75 Å². The minimum atomic E-state index is 0.0373. The van der Waals surface area contributed by atoms with Crippen LogP contribution in [0.3, 0.4) is 0 Å². The number of hydrogen-bond acceptors (Lipinski definition) is 8. The van der Waals surface area contributed by atoms with Crippen LogP contribution in [0, 0.1) is 6.92 Å². The fourth-order valence-electron chi connectivity index (χ4n) is 3.47. The number of hydrogen-bond donors (Lipinski definition) is 4. The summed E-state index contributed by atoms with van der Waals surface area (Å²) in [6.45, 7) is 10.5. The van der Waals surface area contributed by atoms with Crippen molar-refractivity contribution < 1.29 is 4.74 Å². The molecule has 1 saturated heterocycles. The Hall–Kier alpha value is -2.81. The van der Waals surface area contributed by atoms with E-state index >= 15 is 0 Å². The van der Waals surface area contributed by atoms with Gasteiger partial charge in [-0.05, 0) is 108 Å². The maximum Gasteiger partial charge on any atom is 0.229 e. The predicted octanol–water partition coefficient (Wildman–Crippen LogP) is 5.80. The standard InChI is InChI=1S/C26H34N6OS/c1-18-17-28-25(30-19-8-10-21(11-9-19)33-22-12-14-27-15-13-22)31-24(18)29-20-6-5-7-23(16-20)34-32-26(2,3)4/h5-11,16-17,22,27,32H,12-15H2,1-4H3,(H2,28,29,30,31). The Bertz CT molecular complexity index is 1080. The SMILES string of the molecule is Cc1cnc(Nc2ccc(OC3CCNCC3)cc2)nc1Nc1cccc(SNC(C)(C)C)c1. The second-order valence-electron chi connectivity index (χ2n) is 9.55. The van der Waals surface area contributed by atoms with Gasteiger partial charge in [0.25, 0.3) is 0 Å². The van der Waals surface area contributed by atoms with E-state index in [2.05, 4.69) is 58.6 Å². The van der Waals surface area contributed by atoms with E-state index in [0.717, 1.165) is 59.3 Å². The van der Waals surface area contributed by atoms with Gasteiger partial charge in [0.15, 0.2) is 0 Å². The number of aryl methyl sites for hydroxylation is 1. The third kappa shape index (κ3) is 7.35. The number of anilines is 4. The van der Waals surface area contributed by atoms with Crippen molar-refractivity contribution in [2.24, 2.45) is 0 Å². The molecule has 0 amide bonds. The number of rotatable bonds is 8. The van der Waals surface area contributed by atoms with Gasteiger partial charge in [-0.3, -0.25) is 4.72 Å². The van der Waals surface area contributed by atoms with Gasteiger partial charge in [-0.2, -0.15) is 4.98 Å². The second-order valence-corrected chi connectivity index (χ2v) is 10.4. The smallest absolute Gasteiger partial charge is 0.229 e. The van der Waals surface area contributed by atoms with Crippen LogP contribution in [0.4, 0.5) is 23.1 Å². The maximum atomic E-state index is 6.09. The first-order chi connectivity index (χ1) is 16.3. The van der Waals surface area contributed by atoms with Crippen molar-refractivity contribution in [2.75, 3.05) is 23.7 Å². The quantitative estimate of drug-likeness (QED) is 0.303. The highest BCUT2D eigenvalue weighted by Crippen LogP contribution is 2.26. The zero-order valence-corrected chi connectivity index (χ0v) is 21.1. The number of aromatic nitrogens is 2. The second kappa shape index (κ2) is 11.1. The molecule has 1 aliphatic rings. The first-order valence-electron chi connectivity index (χ1n) is 11.7. The summed E-state index contributed by atoms with van der Waals surface area (Å²) < 4.78 is 9.54. The van der Waals surface area contributed by atoms with Crippen LogP contribution in [0.2, 0.25) is 0 Å². The molecular weight excluding hydrogens is 444 g/mol. The first-order valence-corrected chi connectivity index (χ1v) is 12.5. The molecule has 0 aliphatic carbocycles. The van der Waals surface area contributed by atoms with Gasteiger partial charge in [-0.15, -0.1) is 0 Å². The van der Waals surface area contributed by atoms with Crippen molar-refractivity contribution >= 4 is 35.1 Å². The number of nitrogens with zero attached hydrogens (tertiary/aromatic N) is 2. The van der Waals surface area contributed by atoms with Crippen LogP contribution in [0.1, 0.15) is 39.2 Å². The minimum Gasteiger partial charge on any atom is -0.490 e. The largest absolute Gasteiger partial charge is 0.490 e. The molecular formula is C26H34N6OS. The molecule has 2 heterocycles. The molecule has 2 aromatic carbocycles. The summed E-state index contributed by atoms with van der Waals surface area (Å²) in [5.74, 6) is 2.21. The van der Waals surface area contributed by atoms with E-state index in [1.165, 1.54) is 0 Å². The van der Waals surface area contributed by atoms with Crippen LogP contribution < -0.4 is 25.4 Å². The van der Waals surface area contributed by atoms with Crippen molar-refractivity contribution in [3.05, 3.63) is 60.3 Å². The van der Waals surface area contributed by atoms with Crippen molar-refractivity contribution in [2.45, 2.75) is 57.1 Å². The zero-order chi connectivity index (χ0) is 24.0. The van der Waals surface area contributed by atoms with Crippen LogP contribution >= 0.6 is 11.9 Å². The average Bonchev–Trinajstić information content (AvgIpc) is 2.82. The lowest BCUT2D eigenvalue weighted by molar-refractivity contribution is 0.162. The van der Waals surface area contributed by atoms with Gasteiger partial charge in [0.05, 0.1) is 0 Å². The van der Waals surface area contributed by atoms with Crippen molar-refractivity contribution in [1.82, 2.24) is 20.0 Å². The fraction of sp³-hybridized carbons (Fsp3) is 0.385. The molecule has 4 rings (SSSR count). The van der Waals surface area contributed by atoms with E-state index < -0.39 is 0 Å². The van der Waals surface area contributed by atoms with Gasteiger partial charge in [-0.25, -0.2) is 4.98 Å². The highest BCUT2D eigenvalue weighted by molar-refractivity contribution is 7.97. The molecule has 0 atom stereocenters. The van der Waals surface area contributed by atoms with E-state index in [-0.39, 0.29) is 11.6 Å². The number of nitrogens with one attached hydrogen (secondary N) is 4. The third-order valence-corrected chi connectivity index (χ3v) is 6.45. The lowest BCUT2D eigenvalue weighted by Crippen LogP contribution is -2.34. The van der Waals surface area contributed by atoms with Gasteiger partial charge in [0.2, 0.25) is 5.95 Å². The summed E-state index contributed by atoms with van der Waals surface area (Å²) in [6, 6.07) is 16.3. The molecule has 1 aromatic heterocycles. The molecule has 1 fully saturated rings. The monoisotopic (exact) mass is 478 g/mol. The average molecular weight is 479 g/mol. The van der Waals surface area contributed by atoms with Crippen molar-refractivity contribution in [1.29, 1.82) is 0 Å². The predicted molar refractivity (Wildman–Crippen MR) is 141 cm³/mol. The van der Waals surface area contributed by atoms with E-state index in [4.69, 9.17) is 9.72 Å². The van der Waals surface area contributed by atoms with Crippen molar-refractivity contribution in [3.8, 4) is 5.75 Å². The van der Waals surface area contributed by atoms with Gasteiger partial charge in [-0.1, -0.05) is 6.07 Å². The number of ether oxygens (including phenoxy) is 1. The fourth-order valence-corrected chi connectivity index (χ4v) is 4.22. The van der Waals surface area contributed by atoms with E-state index in [1.807, 2.05) is 49.5 Å². The zero-order valence-electron chi connectivity index (χ0n) is 20.3. The summed E-state index contributed by atoms with van der Waals surface area (Å²) in [5, 5.41) is 10.1. The van der Waals surface area contributed by atoms with Gasteiger partial charge >= 0.3 is 0 Å². The molecule has 34 heavy (non-hydrogen) atoms. The summed E-state index contributed by atoms with van der Waals surface area (Å²) >= 11 is 1.62. The summed E-state index contributed by atoms with van der Waals surface area (Å²) in [6.07, 6.45) is 4.20. The molecule has 1 aliphatic heterocycles. The Morgan fingerprint density at radius 1 is 1.00 bits per heavy atom. The molecule has 0 bridgehead atoms. The topological polar surface area (TPSA) is 83.1 Å². The Morgan fingerprint density at radius 2 is 1.76 bits per heavy atom. The molecule has 3 aromatic rings. The van der Waals surface area contributed by atoms with Gasteiger partial charge < -0.3 is 20.7 Å². The van der Waals surface area contributed by atoms with Gasteiger partial charge in [0, 0.05) is 33.6 Å². The Morgan fingerprint density at radius 3 is 2.50 bits per heavy atom. The molecule has 0 spiro atoms. The normalized spacial score (nSPS) is 14.6. The molecule has 0 saturated carbocycles. The highest BCUT2D eigenvalue weighted by Gasteiger charge is 2.14. The Kier molecular flexibility index (Phi) is 7.92. The number of piperidine rings is 1. The van der Waals surface area contributed by atoms with E-state index in [1.54, 1.807) is 11.9 Å². The van der Waals surface area contributed by atoms with Crippen LogP contribution in [0.15, 0.2) is 59.6 Å². The molecule has 180 valence electrons. The van der Waals surface area contributed by atoms with Gasteiger partial charge in [0.1, 0.15) is 17.7 Å². The number of benzene rings is 2. The summed E-state index contributed by atoms with van der Waals surface area (Å²) in [5.41, 5.74) is 2.91. The Labute approximate surface area is 206 Å². The van der Waals surface area contributed by atoms with E-state index in [9.17, 15) is 0 Å². The van der Waals surface area contributed by atoms with Crippen LogP contribution in [0.25, 0.3) is 0 Å². The van der Waals surface area contributed by atoms with Crippen molar-refractivity contribution in [3.63, 3.8) is 0 Å². The molecule has 4 N–H and O–H groups in total. The highest BCUT2D eigenvalue weighted by atomic mass is 32.2. The Balaban J connectivity index is 1.39. The van der Waals surface area contributed by atoms with Crippen LogP contribution in [-0.4, -0.2) is 34.7 Å².